The van der Waals surface area contributed by atoms with Crippen LogP contribution in [0.2, 0.25) is 10.0 Å². The van der Waals surface area contributed by atoms with E-state index in [4.69, 9.17) is 33.7 Å². The number of aliphatic imine (C=N–C) groups is 1. The zero-order chi connectivity index (χ0) is 18.6. The average molecular weight is 520 g/mol. The van der Waals surface area contributed by atoms with Crippen molar-refractivity contribution in [3.8, 4) is 0 Å². The number of nitrogens with two attached hydrogens (primary N) is 1. The molecule has 3 rings (SSSR count). The summed E-state index contributed by atoms with van der Waals surface area (Å²) in [6.07, 6.45) is 1.69. The third-order valence-electron chi connectivity index (χ3n) is 4.79. The van der Waals surface area contributed by atoms with Crippen LogP contribution in [0.15, 0.2) is 47.5 Å². The summed E-state index contributed by atoms with van der Waals surface area (Å²) >= 11 is 12.6. The van der Waals surface area contributed by atoms with Crippen LogP contribution < -0.4 is 11.1 Å². The van der Waals surface area contributed by atoms with E-state index in [2.05, 4.69) is 10.3 Å². The van der Waals surface area contributed by atoms with Gasteiger partial charge in [0, 0.05) is 34.4 Å². The third-order valence-corrected chi connectivity index (χ3v) is 5.34. The van der Waals surface area contributed by atoms with Gasteiger partial charge in [0.05, 0.1) is 6.54 Å². The number of nitrogens with one attached hydrogen (secondary N) is 1. The summed E-state index contributed by atoms with van der Waals surface area (Å²) in [5, 5.41) is 4.45. The van der Waals surface area contributed by atoms with Crippen molar-refractivity contribution in [1.29, 1.82) is 0 Å². The average Bonchev–Trinajstić information content (AvgIpc) is 2.61. The third kappa shape index (κ3) is 5.73. The molecule has 0 amide bonds. The number of rotatable bonds is 4. The zero-order valence-corrected chi connectivity index (χ0v) is 19.0. The topological polar surface area (TPSA) is 59.6 Å². The lowest BCUT2D eigenvalue weighted by atomic mass is 9.74. The normalized spacial score (nSPS) is 16.5. The lowest BCUT2D eigenvalue weighted by Gasteiger charge is -2.37. The molecule has 0 unspecified atom stereocenters. The molecule has 2 aromatic carbocycles. The fraction of sp³-hybridized carbons (Fsp3) is 0.350. The second-order valence-electron chi connectivity index (χ2n) is 6.71. The first kappa shape index (κ1) is 22.3. The summed E-state index contributed by atoms with van der Waals surface area (Å²) in [5.41, 5.74) is 9.08. The van der Waals surface area contributed by atoms with E-state index in [0.717, 1.165) is 29.7 Å². The Kier molecular flexibility index (Phi) is 8.21. The van der Waals surface area contributed by atoms with Gasteiger partial charge in [-0.2, -0.15) is 0 Å². The van der Waals surface area contributed by atoms with Gasteiger partial charge in [-0.15, -0.1) is 24.0 Å². The lowest BCUT2D eigenvalue weighted by molar-refractivity contribution is 0.0532. The van der Waals surface area contributed by atoms with Crippen LogP contribution in [0.1, 0.15) is 24.0 Å². The summed E-state index contributed by atoms with van der Waals surface area (Å²) in [4.78, 5) is 4.62. The summed E-state index contributed by atoms with van der Waals surface area (Å²) in [6.45, 7) is 3.94. The van der Waals surface area contributed by atoms with Crippen molar-refractivity contribution in [2.45, 2.75) is 25.2 Å². The highest BCUT2D eigenvalue weighted by atomic mass is 127. The molecule has 2 aromatic rings. The van der Waals surface area contributed by atoms with Gasteiger partial charge in [0.2, 0.25) is 0 Å². The van der Waals surface area contributed by atoms with E-state index in [1.807, 2.05) is 43.3 Å². The number of anilines is 1. The number of hydrogen-bond acceptors (Lipinski definition) is 2. The molecule has 3 N–H and O–H groups in total. The van der Waals surface area contributed by atoms with Gasteiger partial charge >= 0.3 is 0 Å². The van der Waals surface area contributed by atoms with E-state index < -0.39 is 0 Å². The minimum Gasteiger partial charge on any atom is -0.381 e. The largest absolute Gasteiger partial charge is 0.381 e. The molecule has 146 valence electrons. The Hall–Kier alpha value is -1.02. The number of guanidine groups is 1. The molecule has 1 heterocycles. The van der Waals surface area contributed by atoms with E-state index in [9.17, 15) is 0 Å². The highest BCUT2D eigenvalue weighted by Gasteiger charge is 2.36. The number of hydrogen-bond donors (Lipinski definition) is 2. The van der Waals surface area contributed by atoms with Crippen molar-refractivity contribution in [3.05, 3.63) is 63.6 Å². The van der Waals surface area contributed by atoms with Gasteiger partial charge in [0.25, 0.3) is 0 Å². The number of ether oxygens (including phenoxy) is 1. The molecule has 0 spiro atoms. The summed E-state index contributed by atoms with van der Waals surface area (Å²) < 4.78 is 5.56. The first-order valence-electron chi connectivity index (χ1n) is 8.65. The van der Waals surface area contributed by atoms with Crippen LogP contribution in [0.5, 0.6) is 0 Å². The Morgan fingerprint density at radius 2 is 1.93 bits per heavy atom. The molecule has 0 aromatic heterocycles. The quantitative estimate of drug-likeness (QED) is 0.323. The standard InChI is InChI=1S/C20H23Cl2N3O.HI/c1-14-3-2-4-16(11-14)25-19(23)24-13-20(7-9-26-10-8-20)17-6-5-15(21)12-18(17)22;/h2-6,11-12H,7-10,13H2,1H3,(H3,23,24,25);1H. The van der Waals surface area contributed by atoms with Crippen LogP contribution in [-0.4, -0.2) is 25.7 Å². The monoisotopic (exact) mass is 519 g/mol. The summed E-state index contributed by atoms with van der Waals surface area (Å²) in [5.74, 6) is 0.395. The van der Waals surface area contributed by atoms with Crippen LogP contribution in [0, 0.1) is 6.92 Å². The number of benzene rings is 2. The van der Waals surface area contributed by atoms with Crippen LogP contribution in [-0.2, 0) is 10.2 Å². The minimum absolute atomic E-state index is 0. The number of aryl methyl sites for hydroxylation is 1. The summed E-state index contributed by atoms with van der Waals surface area (Å²) in [6, 6.07) is 13.7. The SMILES string of the molecule is Cc1cccc(NC(N)=NCC2(c3ccc(Cl)cc3Cl)CCOCC2)c1.I. The Bertz CT molecular complexity index is 808. The Morgan fingerprint density at radius 3 is 2.59 bits per heavy atom. The smallest absolute Gasteiger partial charge is 0.193 e. The van der Waals surface area contributed by atoms with Crippen molar-refractivity contribution in [2.24, 2.45) is 10.7 Å². The molecule has 0 atom stereocenters. The first-order chi connectivity index (χ1) is 12.5. The maximum atomic E-state index is 6.49. The van der Waals surface area contributed by atoms with E-state index in [0.29, 0.717) is 35.8 Å². The maximum Gasteiger partial charge on any atom is 0.193 e. The van der Waals surface area contributed by atoms with Crippen LogP contribution in [0.25, 0.3) is 0 Å². The second kappa shape index (κ2) is 9.96. The lowest BCUT2D eigenvalue weighted by Crippen LogP contribution is -2.38. The second-order valence-corrected chi connectivity index (χ2v) is 7.56. The van der Waals surface area contributed by atoms with Gasteiger partial charge in [0.15, 0.2) is 5.96 Å². The first-order valence-corrected chi connectivity index (χ1v) is 9.41. The molecule has 1 saturated heterocycles. The Morgan fingerprint density at radius 1 is 1.19 bits per heavy atom. The fourth-order valence-electron chi connectivity index (χ4n) is 3.34. The van der Waals surface area contributed by atoms with Gasteiger partial charge in [-0.05, 0) is 55.2 Å². The molecule has 0 aliphatic carbocycles. The van der Waals surface area contributed by atoms with Gasteiger partial charge in [0.1, 0.15) is 0 Å². The van der Waals surface area contributed by atoms with Gasteiger partial charge in [-0.3, -0.25) is 4.99 Å². The van der Waals surface area contributed by atoms with Crippen molar-refractivity contribution in [3.63, 3.8) is 0 Å². The van der Waals surface area contributed by atoms with Crippen LogP contribution >= 0.6 is 47.2 Å². The van der Waals surface area contributed by atoms with Gasteiger partial charge in [-0.25, -0.2) is 0 Å². The molecule has 27 heavy (non-hydrogen) atoms. The number of nitrogens with zero attached hydrogens (tertiary/aromatic N) is 1. The molecule has 0 radical (unpaired) electrons. The van der Waals surface area contributed by atoms with E-state index >= 15 is 0 Å². The molecule has 1 fully saturated rings. The van der Waals surface area contributed by atoms with Crippen molar-refractivity contribution in [1.82, 2.24) is 0 Å². The highest BCUT2D eigenvalue weighted by molar-refractivity contribution is 14.0. The minimum atomic E-state index is -0.196. The Labute approximate surface area is 187 Å². The van der Waals surface area contributed by atoms with E-state index in [-0.39, 0.29) is 29.4 Å². The maximum absolute atomic E-state index is 6.49. The molecular weight excluding hydrogens is 496 g/mol. The molecular formula is C20H24Cl2IN3O. The summed E-state index contributed by atoms with van der Waals surface area (Å²) in [7, 11) is 0. The molecule has 0 bridgehead atoms. The predicted molar refractivity (Wildman–Crippen MR) is 125 cm³/mol. The molecule has 4 nitrogen and oxygen atoms in total. The molecule has 1 aliphatic rings. The highest BCUT2D eigenvalue weighted by Crippen LogP contribution is 2.39. The van der Waals surface area contributed by atoms with Crippen molar-refractivity contribution in [2.75, 3.05) is 25.1 Å². The molecule has 1 aliphatic heterocycles. The zero-order valence-electron chi connectivity index (χ0n) is 15.2. The van der Waals surface area contributed by atoms with E-state index in [1.165, 1.54) is 0 Å². The van der Waals surface area contributed by atoms with Gasteiger partial charge in [-0.1, -0.05) is 41.4 Å². The number of halogens is 3. The molecule has 0 saturated carbocycles. The fourth-order valence-corrected chi connectivity index (χ4v) is 3.95. The van der Waals surface area contributed by atoms with Crippen LogP contribution in [0.4, 0.5) is 5.69 Å². The van der Waals surface area contributed by atoms with Crippen LogP contribution in [0.3, 0.4) is 0 Å². The van der Waals surface area contributed by atoms with Crippen molar-refractivity contribution >= 4 is 58.8 Å². The van der Waals surface area contributed by atoms with Gasteiger partial charge < -0.3 is 15.8 Å². The van der Waals surface area contributed by atoms with Crippen molar-refractivity contribution < 1.29 is 4.74 Å². The predicted octanol–water partition coefficient (Wildman–Crippen LogP) is 5.39. The Balaban J connectivity index is 0.00000261. The molecule has 7 heteroatoms. The van der Waals surface area contributed by atoms with E-state index in [1.54, 1.807) is 6.07 Å².